The molecule has 0 saturated heterocycles. The third-order valence-corrected chi connectivity index (χ3v) is 1.03. The first-order valence-corrected chi connectivity index (χ1v) is 3.74. The van der Waals surface area contributed by atoms with Crippen molar-refractivity contribution in [1.82, 2.24) is 0 Å². The van der Waals surface area contributed by atoms with E-state index in [9.17, 15) is 0 Å². The number of rotatable bonds is 1. The van der Waals surface area contributed by atoms with E-state index in [-0.39, 0.29) is 0 Å². The fourth-order valence-corrected chi connectivity index (χ4v) is 0.529. The Balaban J connectivity index is 3.90. The minimum Gasteiger partial charge on any atom is -0.0791 e. The van der Waals surface area contributed by atoms with Gasteiger partial charge in [-0.3, -0.25) is 0 Å². The van der Waals surface area contributed by atoms with E-state index in [0.717, 1.165) is 0 Å². The van der Waals surface area contributed by atoms with E-state index in [0.29, 0.717) is 5.41 Å². The molecule has 0 saturated carbocycles. The molecule has 0 unspecified atom stereocenters. The van der Waals surface area contributed by atoms with E-state index in [1.165, 1.54) is 5.57 Å². The Hall–Kier alpha value is -0.520. The van der Waals surface area contributed by atoms with Crippen molar-refractivity contribution in [2.75, 3.05) is 0 Å². The minimum atomic E-state index is 0.311. The molecule has 10 heavy (non-hydrogen) atoms. The summed E-state index contributed by atoms with van der Waals surface area (Å²) in [4.78, 5) is 0. The highest BCUT2D eigenvalue weighted by molar-refractivity contribution is 5.10. The van der Waals surface area contributed by atoms with Crippen LogP contribution < -0.4 is 0 Å². The third-order valence-electron chi connectivity index (χ3n) is 1.03. The molecule has 0 nitrogen and oxygen atoms in total. The lowest BCUT2D eigenvalue weighted by atomic mass is 9.96. The topological polar surface area (TPSA) is 0 Å². The summed E-state index contributed by atoms with van der Waals surface area (Å²) in [5.74, 6) is 0. The molecule has 0 aromatic carbocycles. The lowest BCUT2D eigenvalue weighted by molar-refractivity contribution is 0.544. The van der Waals surface area contributed by atoms with Crippen LogP contribution in [-0.4, -0.2) is 0 Å². The molecular weight excluding hydrogens is 120 g/mol. The molecule has 0 bridgehead atoms. The highest BCUT2D eigenvalue weighted by atomic mass is 14.1. The molecule has 0 amide bonds. The highest BCUT2D eigenvalue weighted by Crippen LogP contribution is 2.14. The predicted octanol–water partition coefficient (Wildman–Crippen LogP) is 3.55. The SMILES string of the molecule is CC(C)=CC=CC(C)(C)C. The molecule has 0 rings (SSSR count). The monoisotopic (exact) mass is 138 g/mol. The summed E-state index contributed by atoms with van der Waals surface area (Å²) in [7, 11) is 0. The Bertz CT molecular complexity index is 138. The molecule has 0 spiro atoms. The molecule has 0 aliphatic heterocycles. The van der Waals surface area contributed by atoms with Gasteiger partial charge in [0.05, 0.1) is 0 Å². The van der Waals surface area contributed by atoms with Gasteiger partial charge in [0.25, 0.3) is 0 Å². The van der Waals surface area contributed by atoms with Crippen LogP contribution in [0.2, 0.25) is 0 Å². The van der Waals surface area contributed by atoms with Gasteiger partial charge in [0.2, 0.25) is 0 Å². The first kappa shape index (κ1) is 9.48. The van der Waals surface area contributed by atoms with E-state index in [1.54, 1.807) is 0 Å². The van der Waals surface area contributed by atoms with Crippen LogP contribution in [0.3, 0.4) is 0 Å². The van der Waals surface area contributed by atoms with Crippen molar-refractivity contribution in [2.45, 2.75) is 34.6 Å². The Labute approximate surface area is 64.6 Å². The maximum atomic E-state index is 2.21. The Morgan fingerprint density at radius 1 is 1.10 bits per heavy atom. The average molecular weight is 138 g/mol. The van der Waals surface area contributed by atoms with Gasteiger partial charge in [0, 0.05) is 0 Å². The number of hydrogen-bond donors (Lipinski definition) is 0. The second-order valence-electron chi connectivity index (χ2n) is 3.97. The molecule has 0 aromatic heterocycles. The van der Waals surface area contributed by atoms with Crippen LogP contribution in [0.15, 0.2) is 23.8 Å². The molecule has 0 atom stereocenters. The Morgan fingerprint density at radius 3 is 1.90 bits per heavy atom. The van der Waals surface area contributed by atoms with Gasteiger partial charge in [-0.1, -0.05) is 44.6 Å². The van der Waals surface area contributed by atoms with Crippen LogP contribution in [0.4, 0.5) is 0 Å². The molecule has 0 aliphatic rings. The normalized spacial score (nSPS) is 12.1. The molecule has 0 aromatic rings. The maximum Gasteiger partial charge on any atom is -0.0200 e. The molecular formula is C10H18. The van der Waals surface area contributed by atoms with Gasteiger partial charge in [-0.15, -0.1) is 0 Å². The average Bonchev–Trinajstić information content (AvgIpc) is 1.59. The number of hydrogen-bond acceptors (Lipinski definition) is 0. The Kier molecular flexibility index (Phi) is 3.41. The van der Waals surface area contributed by atoms with Gasteiger partial charge in [-0.2, -0.15) is 0 Å². The zero-order valence-electron chi connectivity index (χ0n) is 7.73. The van der Waals surface area contributed by atoms with Crippen molar-refractivity contribution in [2.24, 2.45) is 5.41 Å². The summed E-state index contributed by atoms with van der Waals surface area (Å²) in [6, 6.07) is 0. The second kappa shape index (κ2) is 3.60. The lowest BCUT2D eigenvalue weighted by Gasteiger charge is -2.09. The highest BCUT2D eigenvalue weighted by Gasteiger charge is 2.01. The van der Waals surface area contributed by atoms with Crippen molar-refractivity contribution in [1.29, 1.82) is 0 Å². The first-order chi connectivity index (χ1) is 4.42. The van der Waals surface area contributed by atoms with Crippen LogP contribution in [0.5, 0.6) is 0 Å². The zero-order chi connectivity index (χ0) is 8.20. The first-order valence-electron chi connectivity index (χ1n) is 3.74. The molecule has 0 N–H and O–H groups in total. The van der Waals surface area contributed by atoms with Crippen molar-refractivity contribution in [3.05, 3.63) is 23.8 Å². The quantitative estimate of drug-likeness (QED) is 0.486. The standard InChI is InChI=1S/C10H18/c1-9(2)7-6-8-10(3,4)5/h6-8H,1-5H3. The largest absolute Gasteiger partial charge is 0.0791 e. The maximum absolute atomic E-state index is 2.21. The Morgan fingerprint density at radius 2 is 1.60 bits per heavy atom. The van der Waals surface area contributed by atoms with Crippen molar-refractivity contribution in [3.8, 4) is 0 Å². The molecule has 0 fully saturated rings. The summed E-state index contributed by atoms with van der Waals surface area (Å²) >= 11 is 0. The van der Waals surface area contributed by atoms with Crippen LogP contribution in [-0.2, 0) is 0 Å². The van der Waals surface area contributed by atoms with Crippen molar-refractivity contribution in [3.63, 3.8) is 0 Å². The van der Waals surface area contributed by atoms with Crippen molar-refractivity contribution < 1.29 is 0 Å². The van der Waals surface area contributed by atoms with E-state index >= 15 is 0 Å². The summed E-state index contributed by atoms with van der Waals surface area (Å²) in [5.41, 5.74) is 1.66. The predicted molar refractivity (Wildman–Crippen MR) is 48.0 cm³/mol. The van der Waals surface area contributed by atoms with Gasteiger partial charge in [-0.05, 0) is 19.3 Å². The fraction of sp³-hybridized carbons (Fsp3) is 0.600. The van der Waals surface area contributed by atoms with E-state index < -0.39 is 0 Å². The summed E-state index contributed by atoms with van der Waals surface area (Å²) < 4.78 is 0. The second-order valence-corrected chi connectivity index (χ2v) is 3.97. The smallest absolute Gasteiger partial charge is 0.0200 e. The number of allylic oxidation sites excluding steroid dienone is 4. The molecule has 0 aliphatic carbocycles. The van der Waals surface area contributed by atoms with Crippen LogP contribution >= 0.6 is 0 Å². The fourth-order valence-electron chi connectivity index (χ4n) is 0.529. The van der Waals surface area contributed by atoms with E-state index in [2.05, 4.69) is 52.8 Å². The van der Waals surface area contributed by atoms with E-state index in [4.69, 9.17) is 0 Å². The lowest BCUT2D eigenvalue weighted by Crippen LogP contribution is -1.97. The molecule has 0 heterocycles. The van der Waals surface area contributed by atoms with Gasteiger partial charge >= 0.3 is 0 Å². The molecule has 0 heteroatoms. The van der Waals surface area contributed by atoms with Gasteiger partial charge < -0.3 is 0 Å². The summed E-state index contributed by atoms with van der Waals surface area (Å²) in [6.45, 7) is 10.8. The zero-order valence-corrected chi connectivity index (χ0v) is 7.73. The van der Waals surface area contributed by atoms with Crippen molar-refractivity contribution >= 4 is 0 Å². The van der Waals surface area contributed by atoms with Gasteiger partial charge in [0.15, 0.2) is 0 Å². The van der Waals surface area contributed by atoms with E-state index in [1.807, 2.05) is 0 Å². The third kappa shape index (κ3) is 7.48. The molecule has 0 radical (unpaired) electrons. The van der Waals surface area contributed by atoms with Gasteiger partial charge in [0.1, 0.15) is 0 Å². The summed E-state index contributed by atoms with van der Waals surface area (Å²) in [5, 5.41) is 0. The summed E-state index contributed by atoms with van der Waals surface area (Å²) in [6.07, 6.45) is 6.46. The van der Waals surface area contributed by atoms with Crippen LogP contribution in [0.1, 0.15) is 34.6 Å². The minimum absolute atomic E-state index is 0.311. The van der Waals surface area contributed by atoms with Crippen LogP contribution in [0.25, 0.3) is 0 Å². The van der Waals surface area contributed by atoms with Crippen LogP contribution in [0, 0.1) is 5.41 Å². The molecule has 58 valence electrons. The van der Waals surface area contributed by atoms with Gasteiger partial charge in [-0.25, -0.2) is 0 Å².